The van der Waals surface area contributed by atoms with E-state index in [2.05, 4.69) is 10.3 Å². The van der Waals surface area contributed by atoms with Gasteiger partial charge in [-0.25, -0.2) is 9.37 Å². The molecule has 4 nitrogen and oxygen atoms in total. The zero-order valence-corrected chi connectivity index (χ0v) is 14.2. The summed E-state index contributed by atoms with van der Waals surface area (Å²) in [5, 5.41) is 15.1. The molecule has 1 heterocycles. The lowest BCUT2D eigenvalue weighted by Gasteiger charge is -2.25. The van der Waals surface area contributed by atoms with Gasteiger partial charge in [-0.2, -0.15) is 0 Å². The molecular weight excluding hydrogens is 327 g/mol. The number of carbonyl (C=O) groups is 1. The highest BCUT2D eigenvalue weighted by atomic mass is 32.1. The number of rotatable bonds is 5. The molecule has 3 rings (SSSR count). The Morgan fingerprint density at radius 2 is 2.29 bits per heavy atom. The number of hydrogen-bond acceptors (Lipinski definition) is 4. The average molecular weight is 348 g/mol. The number of nitrogens with one attached hydrogen (secondary N) is 1. The molecule has 1 fully saturated rings. The highest BCUT2D eigenvalue weighted by molar-refractivity contribution is 7.09. The Labute approximate surface area is 144 Å². The first-order valence-corrected chi connectivity index (χ1v) is 9.13. The van der Waals surface area contributed by atoms with Gasteiger partial charge in [0.25, 0.3) is 5.91 Å². The van der Waals surface area contributed by atoms with Gasteiger partial charge in [-0.15, -0.1) is 11.3 Å². The maximum absolute atomic E-state index is 13.2. The number of aliphatic hydroxyl groups excluding tert-OH is 1. The van der Waals surface area contributed by atoms with Crippen LogP contribution in [0.2, 0.25) is 0 Å². The Morgan fingerprint density at radius 3 is 3.08 bits per heavy atom. The van der Waals surface area contributed by atoms with E-state index in [0.29, 0.717) is 24.6 Å². The largest absolute Gasteiger partial charge is 0.393 e. The van der Waals surface area contributed by atoms with Crippen molar-refractivity contribution in [2.24, 2.45) is 5.92 Å². The van der Waals surface area contributed by atoms with Crippen LogP contribution in [0.1, 0.15) is 46.7 Å². The Kier molecular flexibility index (Phi) is 5.58. The van der Waals surface area contributed by atoms with Gasteiger partial charge in [-0.3, -0.25) is 4.79 Å². The fourth-order valence-electron chi connectivity index (χ4n) is 3.09. The fraction of sp³-hybridized carbons (Fsp3) is 0.444. The van der Waals surface area contributed by atoms with Crippen LogP contribution in [0.4, 0.5) is 4.39 Å². The van der Waals surface area contributed by atoms with Gasteiger partial charge >= 0.3 is 0 Å². The molecule has 2 N–H and O–H groups in total. The number of benzene rings is 1. The van der Waals surface area contributed by atoms with Gasteiger partial charge in [0.2, 0.25) is 0 Å². The minimum absolute atomic E-state index is 0.184. The Bertz CT molecular complexity index is 704. The molecule has 1 aromatic carbocycles. The van der Waals surface area contributed by atoms with Crippen LogP contribution in [0.3, 0.4) is 0 Å². The van der Waals surface area contributed by atoms with Crippen molar-refractivity contribution in [1.29, 1.82) is 0 Å². The summed E-state index contributed by atoms with van der Waals surface area (Å²) < 4.78 is 13.2. The minimum Gasteiger partial charge on any atom is -0.393 e. The van der Waals surface area contributed by atoms with Crippen molar-refractivity contribution >= 4 is 17.2 Å². The second-order valence-corrected chi connectivity index (χ2v) is 7.27. The number of amides is 1. The van der Waals surface area contributed by atoms with Crippen LogP contribution in [-0.2, 0) is 6.42 Å². The van der Waals surface area contributed by atoms with Gasteiger partial charge in [0.1, 0.15) is 11.5 Å². The van der Waals surface area contributed by atoms with Crippen molar-refractivity contribution < 1.29 is 14.3 Å². The third-order valence-corrected chi connectivity index (χ3v) is 5.18. The van der Waals surface area contributed by atoms with Crippen molar-refractivity contribution in [3.8, 4) is 0 Å². The van der Waals surface area contributed by atoms with Crippen LogP contribution in [0.5, 0.6) is 0 Å². The van der Waals surface area contributed by atoms with E-state index in [-0.39, 0.29) is 17.8 Å². The van der Waals surface area contributed by atoms with Gasteiger partial charge < -0.3 is 10.4 Å². The molecule has 24 heavy (non-hydrogen) atoms. The van der Waals surface area contributed by atoms with Crippen molar-refractivity contribution in [2.75, 3.05) is 6.54 Å². The fourth-order valence-corrected chi connectivity index (χ4v) is 3.90. The molecule has 1 aliphatic rings. The molecule has 6 heteroatoms. The molecule has 0 aliphatic heterocycles. The van der Waals surface area contributed by atoms with Gasteiger partial charge in [0.15, 0.2) is 0 Å². The van der Waals surface area contributed by atoms with E-state index in [1.165, 1.54) is 23.5 Å². The van der Waals surface area contributed by atoms with E-state index in [1.807, 2.05) is 6.07 Å². The number of hydrogen-bond donors (Lipinski definition) is 2. The second-order valence-electron chi connectivity index (χ2n) is 6.33. The average Bonchev–Trinajstić information content (AvgIpc) is 3.01. The van der Waals surface area contributed by atoms with Gasteiger partial charge in [0.05, 0.1) is 11.1 Å². The number of halogens is 1. The molecular formula is C18H21FN2O2S. The summed E-state index contributed by atoms with van der Waals surface area (Å²) in [7, 11) is 0. The third-order valence-electron chi connectivity index (χ3n) is 4.34. The van der Waals surface area contributed by atoms with Crippen molar-refractivity contribution in [2.45, 2.75) is 38.2 Å². The van der Waals surface area contributed by atoms with Crippen LogP contribution in [0.25, 0.3) is 0 Å². The monoisotopic (exact) mass is 348 g/mol. The number of thiazole rings is 1. The van der Waals surface area contributed by atoms with Crippen LogP contribution in [0.15, 0.2) is 29.6 Å². The van der Waals surface area contributed by atoms with Gasteiger partial charge in [-0.1, -0.05) is 18.6 Å². The minimum atomic E-state index is -0.267. The molecule has 0 saturated heterocycles. The summed E-state index contributed by atoms with van der Waals surface area (Å²) in [4.78, 5) is 16.5. The molecule has 2 atom stereocenters. The van der Waals surface area contributed by atoms with E-state index < -0.39 is 0 Å². The Balaban J connectivity index is 1.53. The smallest absolute Gasteiger partial charge is 0.270 e. The first-order valence-electron chi connectivity index (χ1n) is 8.25. The summed E-state index contributed by atoms with van der Waals surface area (Å²) in [6, 6.07) is 6.41. The van der Waals surface area contributed by atoms with E-state index in [9.17, 15) is 14.3 Å². The predicted molar refractivity (Wildman–Crippen MR) is 91.6 cm³/mol. The van der Waals surface area contributed by atoms with E-state index in [1.54, 1.807) is 11.4 Å². The summed E-state index contributed by atoms with van der Waals surface area (Å²) in [5.41, 5.74) is 1.25. The molecule has 1 saturated carbocycles. The molecule has 1 aliphatic carbocycles. The maximum atomic E-state index is 13.2. The van der Waals surface area contributed by atoms with Gasteiger partial charge in [-0.05, 0) is 42.9 Å². The Morgan fingerprint density at radius 1 is 1.42 bits per heavy atom. The van der Waals surface area contributed by atoms with Crippen molar-refractivity contribution in [1.82, 2.24) is 10.3 Å². The SMILES string of the molecule is O=C(NCC1CCCC(O)C1)c1csc(Cc2cccc(F)c2)n1. The number of aromatic nitrogens is 1. The number of carbonyl (C=O) groups excluding carboxylic acids is 1. The third kappa shape index (κ3) is 4.61. The molecule has 1 aromatic heterocycles. The van der Waals surface area contributed by atoms with Crippen LogP contribution in [0, 0.1) is 11.7 Å². The standard InChI is InChI=1S/C18H21FN2O2S/c19-14-5-1-3-12(7-14)9-17-21-16(11-24-17)18(23)20-10-13-4-2-6-15(22)8-13/h1,3,5,7,11,13,15,22H,2,4,6,8-10H2,(H,20,23). The zero-order valence-electron chi connectivity index (χ0n) is 13.4. The van der Waals surface area contributed by atoms with Crippen LogP contribution >= 0.6 is 11.3 Å². The molecule has 2 aromatic rings. The number of nitrogens with zero attached hydrogens (tertiary/aromatic N) is 1. The lowest BCUT2D eigenvalue weighted by molar-refractivity contribution is 0.0870. The topological polar surface area (TPSA) is 62.2 Å². The molecule has 0 bridgehead atoms. The molecule has 1 amide bonds. The summed E-state index contributed by atoms with van der Waals surface area (Å²) in [6.07, 6.45) is 3.94. The van der Waals surface area contributed by atoms with Crippen LogP contribution < -0.4 is 5.32 Å². The molecule has 0 spiro atoms. The number of aliphatic hydroxyl groups is 1. The molecule has 128 valence electrons. The lowest BCUT2D eigenvalue weighted by atomic mass is 9.87. The summed E-state index contributed by atoms with van der Waals surface area (Å²) in [6.45, 7) is 0.576. The molecule has 0 radical (unpaired) electrons. The van der Waals surface area contributed by atoms with Gasteiger partial charge in [0, 0.05) is 18.3 Å². The normalized spacial score (nSPS) is 20.8. The van der Waals surface area contributed by atoms with Crippen LogP contribution in [-0.4, -0.2) is 28.6 Å². The van der Waals surface area contributed by atoms with E-state index in [4.69, 9.17) is 0 Å². The Hall–Kier alpha value is -1.79. The molecule has 2 unspecified atom stereocenters. The predicted octanol–water partition coefficient (Wildman–Crippen LogP) is 3.15. The first kappa shape index (κ1) is 17.0. The van der Waals surface area contributed by atoms with E-state index >= 15 is 0 Å². The van der Waals surface area contributed by atoms with Crippen molar-refractivity contribution in [3.05, 3.63) is 51.7 Å². The summed E-state index contributed by atoms with van der Waals surface area (Å²) >= 11 is 1.41. The van der Waals surface area contributed by atoms with Crippen molar-refractivity contribution in [3.63, 3.8) is 0 Å². The zero-order chi connectivity index (χ0) is 16.9. The maximum Gasteiger partial charge on any atom is 0.270 e. The first-order chi connectivity index (χ1) is 11.6. The highest BCUT2D eigenvalue weighted by Crippen LogP contribution is 2.23. The summed E-state index contributed by atoms with van der Waals surface area (Å²) in [5.74, 6) is -0.114. The second kappa shape index (κ2) is 7.85. The lowest BCUT2D eigenvalue weighted by Crippen LogP contribution is -2.33. The quantitative estimate of drug-likeness (QED) is 0.872. The highest BCUT2D eigenvalue weighted by Gasteiger charge is 2.21. The van der Waals surface area contributed by atoms with E-state index in [0.717, 1.165) is 36.3 Å².